The van der Waals surface area contributed by atoms with E-state index in [1.54, 1.807) is 12.4 Å². The summed E-state index contributed by atoms with van der Waals surface area (Å²) in [7, 11) is 0. The fraction of sp³-hybridized carbons (Fsp3) is 0.357. The lowest BCUT2D eigenvalue weighted by molar-refractivity contribution is -0.0511. The molecule has 28 heavy (non-hydrogen) atoms. The molecule has 5 rings (SSSR count). The molecule has 0 unspecified atom stereocenters. The third-order valence-electron chi connectivity index (χ3n) is 4.21. The molecule has 6 N–H and O–H groups in total. The van der Waals surface area contributed by atoms with E-state index < -0.39 is 31.1 Å². The number of hydrogen-bond donors (Lipinski definition) is 5. The highest BCUT2D eigenvalue weighted by atomic mass is 16.6. The van der Waals surface area contributed by atoms with Crippen LogP contribution in [0, 0.1) is 0 Å². The average molecular weight is 388 g/mol. The van der Waals surface area contributed by atoms with Crippen molar-refractivity contribution in [3.8, 4) is 11.4 Å². The van der Waals surface area contributed by atoms with Crippen LogP contribution in [0.25, 0.3) is 22.6 Å². The molecule has 14 heteroatoms. The Morgan fingerprint density at radius 2 is 2.00 bits per heavy atom. The summed E-state index contributed by atoms with van der Waals surface area (Å²) in [4.78, 5) is 11.9. The number of nitrogens with two attached hydrogens (primary N) is 1. The molecule has 0 aromatic carbocycles. The summed E-state index contributed by atoms with van der Waals surface area (Å²) in [5, 5.41) is 45.9. The number of hydrogen-bond acceptors (Lipinski definition) is 12. The highest BCUT2D eigenvalue weighted by Gasteiger charge is 2.43. The molecule has 14 nitrogen and oxygen atoms in total. The second-order valence-corrected chi connectivity index (χ2v) is 5.91. The molecule has 0 bridgehead atoms. The topological polar surface area (TPSA) is 207 Å². The molecule has 1 fully saturated rings. The Morgan fingerprint density at radius 1 is 1.14 bits per heavy atom. The third kappa shape index (κ3) is 3.09. The fourth-order valence-corrected chi connectivity index (χ4v) is 2.78. The van der Waals surface area contributed by atoms with Gasteiger partial charge in [0.15, 0.2) is 17.7 Å². The predicted octanol–water partition coefficient (Wildman–Crippen LogP) is -2.28. The van der Waals surface area contributed by atoms with Crippen molar-refractivity contribution in [3.63, 3.8) is 0 Å². The van der Waals surface area contributed by atoms with E-state index >= 15 is 0 Å². The SMILES string of the molecule is Nc1ncnc2c1ncn2[C@@H]1O[C@H](CO)[C@@H](O)[C@H]1O.c1nn[nH]c2cnnc1-2. The van der Waals surface area contributed by atoms with Crippen molar-refractivity contribution in [1.29, 1.82) is 0 Å². The van der Waals surface area contributed by atoms with Crippen LogP contribution in [0.2, 0.25) is 0 Å². The summed E-state index contributed by atoms with van der Waals surface area (Å²) in [5.74, 6) is 0.218. The lowest BCUT2D eigenvalue weighted by Gasteiger charge is -2.16. The Kier molecular flexibility index (Phi) is 4.74. The van der Waals surface area contributed by atoms with Gasteiger partial charge in [-0.1, -0.05) is 5.21 Å². The first-order chi connectivity index (χ1) is 13.6. The van der Waals surface area contributed by atoms with E-state index in [1.807, 2.05) is 0 Å². The van der Waals surface area contributed by atoms with E-state index in [4.69, 9.17) is 15.6 Å². The number of aromatic amines is 1. The standard InChI is InChI=1S/C10H13N5O4.C4H3N5/c11-8-5-9(13-2-12-8)15(3-14-5)10-7(18)6(17)4(1-16)19-10;1-4-3(7-5-1)2-6-9-8-4/h2-4,6-7,10,16-18H,1H2,(H2,11,12,13);1-2H,(H,6,8)/t4-,6-,7-,10-;/m1./s1. The maximum absolute atomic E-state index is 9.95. The molecule has 146 valence electrons. The second-order valence-electron chi connectivity index (χ2n) is 5.91. The third-order valence-corrected chi connectivity index (χ3v) is 4.21. The summed E-state index contributed by atoms with van der Waals surface area (Å²) >= 11 is 0. The van der Waals surface area contributed by atoms with Crippen LogP contribution in [0.5, 0.6) is 0 Å². The quantitative estimate of drug-likeness (QED) is 0.246. The Balaban J connectivity index is 0.000000177. The second kappa shape index (κ2) is 7.35. The summed E-state index contributed by atoms with van der Waals surface area (Å²) < 4.78 is 6.85. The maximum Gasteiger partial charge on any atom is 0.167 e. The van der Waals surface area contributed by atoms with Crippen LogP contribution in [-0.2, 0) is 4.74 Å². The summed E-state index contributed by atoms with van der Waals surface area (Å²) in [6.07, 6.45) is 1.73. The van der Waals surface area contributed by atoms with Crippen molar-refractivity contribution >= 4 is 17.0 Å². The van der Waals surface area contributed by atoms with Gasteiger partial charge >= 0.3 is 0 Å². The van der Waals surface area contributed by atoms with Crippen LogP contribution < -0.4 is 5.73 Å². The number of ether oxygens (including phenoxy) is 1. The first kappa shape index (κ1) is 18.1. The van der Waals surface area contributed by atoms with Gasteiger partial charge in [0.05, 0.1) is 25.3 Å². The van der Waals surface area contributed by atoms with Crippen molar-refractivity contribution < 1.29 is 20.1 Å². The zero-order valence-corrected chi connectivity index (χ0v) is 14.2. The number of aromatic nitrogens is 9. The van der Waals surface area contributed by atoms with Crippen molar-refractivity contribution in [1.82, 2.24) is 45.1 Å². The summed E-state index contributed by atoms with van der Waals surface area (Å²) in [6.45, 7) is -0.390. The highest BCUT2D eigenvalue weighted by molar-refractivity contribution is 5.81. The molecule has 0 aliphatic carbocycles. The Hall–Kier alpha value is -3.33. The van der Waals surface area contributed by atoms with Crippen molar-refractivity contribution in [2.45, 2.75) is 24.5 Å². The smallest absolute Gasteiger partial charge is 0.167 e. The molecule has 4 atom stereocenters. The van der Waals surface area contributed by atoms with Crippen LogP contribution in [0.1, 0.15) is 6.23 Å². The van der Waals surface area contributed by atoms with Crippen LogP contribution in [0.4, 0.5) is 5.82 Å². The minimum atomic E-state index is -1.19. The number of fused-ring (bicyclic) bond motifs is 2. The molecule has 2 aromatic rings. The minimum absolute atomic E-state index is 0.218. The highest BCUT2D eigenvalue weighted by Crippen LogP contribution is 2.31. The van der Waals surface area contributed by atoms with Crippen LogP contribution in [-0.4, -0.2) is 85.4 Å². The largest absolute Gasteiger partial charge is 0.394 e. The molecule has 1 saturated heterocycles. The van der Waals surface area contributed by atoms with E-state index in [0.717, 1.165) is 11.4 Å². The van der Waals surface area contributed by atoms with Gasteiger partial charge in [0.2, 0.25) is 0 Å². The van der Waals surface area contributed by atoms with Gasteiger partial charge in [-0.3, -0.25) is 9.67 Å². The minimum Gasteiger partial charge on any atom is -0.394 e. The van der Waals surface area contributed by atoms with Gasteiger partial charge in [0.25, 0.3) is 0 Å². The first-order valence-electron chi connectivity index (χ1n) is 8.13. The van der Waals surface area contributed by atoms with E-state index in [0.29, 0.717) is 11.2 Å². The Morgan fingerprint density at radius 3 is 2.75 bits per heavy atom. The van der Waals surface area contributed by atoms with Gasteiger partial charge in [-0.2, -0.15) is 5.10 Å². The van der Waals surface area contributed by atoms with Crippen molar-refractivity contribution in [2.75, 3.05) is 12.3 Å². The van der Waals surface area contributed by atoms with Gasteiger partial charge in [-0.05, 0) is 0 Å². The van der Waals surface area contributed by atoms with Gasteiger partial charge in [0, 0.05) is 0 Å². The monoisotopic (exact) mass is 388 g/mol. The molecular weight excluding hydrogens is 372 g/mol. The summed E-state index contributed by atoms with van der Waals surface area (Å²) in [6, 6.07) is 0. The number of H-pyrrole nitrogens is 1. The number of nitrogen functional groups attached to an aromatic ring is 1. The zero-order valence-electron chi connectivity index (χ0n) is 14.2. The van der Waals surface area contributed by atoms with E-state index in [9.17, 15) is 10.2 Å². The molecule has 0 amide bonds. The first-order valence-corrected chi connectivity index (χ1v) is 8.13. The molecule has 0 saturated carbocycles. The molecule has 2 aromatic heterocycles. The van der Waals surface area contributed by atoms with Crippen molar-refractivity contribution in [2.24, 2.45) is 0 Å². The number of rotatable bonds is 2. The van der Waals surface area contributed by atoms with Crippen LogP contribution in [0.15, 0.2) is 25.0 Å². The number of anilines is 1. The van der Waals surface area contributed by atoms with Gasteiger partial charge in [-0.25, -0.2) is 15.0 Å². The van der Waals surface area contributed by atoms with E-state index in [1.165, 1.54) is 17.2 Å². The van der Waals surface area contributed by atoms with Gasteiger partial charge < -0.3 is 25.8 Å². The fourth-order valence-electron chi connectivity index (χ4n) is 2.78. The molecule has 3 aliphatic heterocycles. The Labute approximate surface area is 156 Å². The Bertz CT molecular complexity index is 1010. The van der Waals surface area contributed by atoms with Crippen molar-refractivity contribution in [3.05, 3.63) is 25.0 Å². The molecular formula is C14H16N10O4. The number of aliphatic hydroxyl groups is 3. The number of nitrogens with zero attached hydrogens (tertiary/aromatic N) is 8. The van der Waals surface area contributed by atoms with Gasteiger partial charge in [-0.15, -0.1) is 10.2 Å². The van der Waals surface area contributed by atoms with Gasteiger partial charge in [0.1, 0.15) is 41.5 Å². The van der Waals surface area contributed by atoms with E-state index in [-0.39, 0.29) is 5.82 Å². The zero-order chi connectivity index (χ0) is 19.7. The molecule has 3 aliphatic rings. The molecule has 5 heterocycles. The normalized spacial score (nSPS) is 24.4. The maximum atomic E-state index is 9.95. The summed E-state index contributed by atoms with van der Waals surface area (Å²) in [5.41, 5.74) is 8.00. The van der Waals surface area contributed by atoms with E-state index in [2.05, 4.69) is 40.6 Å². The lowest BCUT2D eigenvalue weighted by atomic mass is 10.1. The van der Waals surface area contributed by atoms with Crippen LogP contribution >= 0.6 is 0 Å². The lowest BCUT2D eigenvalue weighted by Crippen LogP contribution is -2.33. The number of imidazole rings is 1. The molecule has 0 spiro atoms. The number of aliphatic hydroxyl groups excluding tert-OH is 3. The average Bonchev–Trinajstić information content (AvgIpc) is 3.42. The molecule has 0 radical (unpaired) electrons. The predicted molar refractivity (Wildman–Crippen MR) is 91.3 cm³/mol. The number of nitrogens with one attached hydrogen (secondary N) is 1. The van der Waals surface area contributed by atoms with Crippen LogP contribution in [0.3, 0.4) is 0 Å².